The van der Waals surface area contributed by atoms with Crippen LogP contribution < -0.4 is 15.4 Å². The summed E-state index contributed by atoms with van der Waals surface area (Å²) in [5.41, 5.74) is 1.51. The summed E-state index contributed by atoms with van der Waals surface area (Å²) in [6.45, 7) is 3.54. The molecule has 0 saturated heterocycles. The fourth-order valence-corrected chi connectivity index (χ4v) is 3.00. The molecule has 2 amide bonds. The van der Waals surface area contributed by atoms with Crippen LogP contribution in [0.4, 0.5) is 20.6 Å². The molecule has 0 fully saturated rings. The van der Waals surface area contributed by atoms with Crippen LogP contribution in [0.1, 0.15) is 12.6 Å². The van der Waals surface area contributed by atoms with Crippen LogP contribution in [-0.2, 0) is 10.0 Å². The van der Waals surface area contributed by atoms with E-state index in [1.165, 1.54) is 23.6 Å². The molecule has 152 valence electrons. The Hall–Kier alpha value is -2.72. The number of aryl methyl sites for hydroxylation is 1. The number of carbonyl (C=O) groups excluding carboxylic acids is 1. The van der Waals surface area contributed by atoms with Crippen molar-refractivity contribution in [1.82, 2.24) is 9.29 Å². The summed E-state index contributed by atoms with van der Waals surface area (Å²) in [5, 5.41) is 5.10. The Labute approximate surface area is 163 Å². The molecule has 0 spiro atoms. The van der Waals surface area contributed by atoms with E-state index in [9.17, 15) is 17.6 Å². The first kappa shape index (κ1) is 21.6. The summed E-state index contributed by atoms with van der Waals surface area (Å²) in [6.07, 6.45) is 1.51. The number of halogens is 1. The molecule has 0 bridgehead atoms. The van der Waals surface area contributed by atoms with Gasteiger partial charge in [-0.05, 0) is 32.0 Å². The number of aromatic nitrogens is 1. The average molecular weight is 410 g/mol. The number of ether oxygens (including phenoxy) is 1. The number of pyridine rings is 1. The van der Waals surface area contributed by atoms with E-state index in [4.69, 9.17) is 4.74 Å². The van der Waals surface area contributed by atoms with Gasteiger partial charge in [0, 0.05) is 37.1 Å². The Bertz CT molecular complexity index is 920. The molecule has 10 heteroatoms. The van der Waals surface area contributed by atoms with E-state index in [-0.39, 0.29) is 30.3 Å². The quantitative estimate of drug-likeness (QED) is 0.697. The summed E-state index contributed by atoms with van der Waals surface area (Å²) >= 11 is 0. The lowest BCUT2D eigenvalue weighted by molar-refractivity contribution is 0.262. The van der Waals surface area contributed by atoms with Crippen molar-refractivity contribution in [2.75, 3.05) is 36.6 Å². The zero-order valence-electron chi connectivity index (χ0n) is 15.9. The van der Waals surface area contributed by atoms with Crippen molar-refractivity contribution in [3.63, 3.8) is 0 Å². The van der Waals surface area contributed by atoms with Crippen molar-refractivity contribution in [2.24, 2.45) is 0 Å². The topological polar surface area (TPSA) is 101 Å². The van der Waals surface area contributed by atoms with Gasteiger partial charge in [-0.1, -0.05) is 0 Å². The summed E-state index contributed by atoms with van der Waals surface area (Å²) in [4.78, 5) is 16.1. The van der Waals surface area contributed by atoms with Crippen molar-refractivity contribution < 1.29 is 22.3 Å². The number of carbonyl (C=O) groups is 1. The maximum atomic E-state index is 13.8. The van der Waals surface area contributed by atoms with Crippen molar-refractivity contribution in [1.29, 1.82) is 0 Å². The second-order valence-corrected chi connectivity index (χ2v) is 8.38. The number of nitrogens with one attached hydrogen (secondary N) is 2. The molecule has 0 saturated carbocycles. The standard InChI is InChI=1S/C18H23FN4O4S/c1-4-28(25,26)23(3)7-8-27-17-10-14(19)9-16(11-17)22-18(24)21-15-6-5-13(2)20-12-15/h5-6,9-12H,4,7-8H2,1-3H3,(H2,21,22,24). The van der Waals surface area contributed by atoms with E-state index >= 15 is 0 Å². The molecule has 1 aromatic heterocycles. The second-order valence-electron chi connectivity index (χ2n) is 6.01. The van der Waals surface area contributed by atoms with E-state index in [1.54, 1.807) is 19.1 Å². The second kappa shape index (κ2) is 9.47. The molecule has 0 aliphatic carbocycles. The van der Waals surface area contributed by atoms with Crippen LogP contribution in [0.2, 0.25) is 0 Å². The normalized spacial score (nSPS) is 11.3. The van der Waals surface area contributed by atoms with Gasteiger partial charge in [0.1, 0.15) is 18.2 Å². The predicted octanol–water partition coefficient (Wildman–Crippen LogP) is 2.83. The number of urea groups is 1. The van der Waals surface area contributed by atoms with Crippen LogP contribution in [0.5, 0.6) is 5.75 Å². The molecule has 0 unspecified atom stereocenters. The number of rotatable bonds is 8. The molecule has 0 aliphatic heterocycles. The number of nitrogens with zero attached hydrogens (tertiary/aromatic N) is 2. The maximum absolute atomic E-state index is 13.8. The Morgan fingerprint density at radius 1 is 1.21 bits per heavy atom. The highest BCUT2D eigenvalue weighted by Gasteiger charge is 2.14. The molecule has 2 N–H and O–H groups in total. The summed E-state index contributed by atoms with van der Waals surface area (Å²) in [6, 6.07) is 6.64. The van der Waals surface area contributed by atoms with Gasteiger partial charge in [0.05, 0.1) is 17.6 Å². The van der Waals surface area contributed by atoms with Crippen LogP contribution in [0.15, 0.2) is 36.5 Å². The highest BCUT2D eigenvalue weighted by molar-refractivity contribution is 7.89. The lowest BCUT2D eigenvalue weighted by Gasteiger charge is -2.16. The molecule has 0 atom stereocenters. The van der Waals surface area contributed by atoms with Gasteiger partial charge in [0.25, 0.3) is 0 Å². The average Bonchev–Trinajstić information content (AvgIpc) is 2.63. The van der Waals surface area contributed by atoms with Gasteiger partial charge in [-0.15, -0.1) is 0 Å². The first-order chi connectivity index (χ1) is 13.2. The van der Waals surface area contributed by atoms with Gasteiger partial charge < -0.3 is 15.4 Å². The molecular formula is C18H23FN4O4S. The first-order valence-corrected chi connectivity index (χ1v) is 10.2. The predicted molar refractivity (Wildman–Crippen MR) is 106 cm³/mol. The Kier molecular flexibility index (Phi) is 7.30. The van der Waals surface area contributed by atoms with Crippen LogP contribution >= 0.6 is 0 Å². The SMILES string of the molecule is CCS(=O)(=O)N(C)CCOc1cc(F)cc(NC(=O)Nc2ccc(C)nc2)c1. The van der Waals surface area contributed by atoms with Gasteiger partial charge in [-0.25, -0.2) is 21.9 Å². The molecule has 1 aromatic carbocycles. The number of anilines is 2. The van der Waals surface area contributed by atoms with E-state index in [1.807, 2.05) is 6.92 Å². The van der Waals surface area contributed by atoms with E-state index < -0.39 is 21.9 Å². The molecular weight excluding hydrogens is 387 g/mol. The Morgan fingerprint density at radius 2 is 1.93 bits per heavy atom. The third kappa shape index (κ3) is 6.46. The van der Waals surface area contributed by atoms with Gasteiger partial charge in [-0.3, -0.25) is 4.98 Å². The van der Waals surface area contributed by atoms with Gasteiger partial charge in [0.15, 0.2) is 0 Å². The lowest BCUT2D eigenvalue weighted by Crippen LogP contribution is -2.32. The third-order valence-electron chi connectivity index (χ3n) is 3.81. The van der Waals surface area contributed by atoms with Crippen molar-refractivity contribution in [2.45, 2.75) is 13.8 Å². The zero-order chi connectivity index (χ0) is 20.7. The van der Waals surface area contributed by atoms with E-state index in [2.05, 4.69) is 15.6 Å². The van der Waals surface area contributed by atoms with Gasteiger partial charge in [-0.2, -0.15) is 0 Å². The minimum absolute atomic E-state index is 0.0108. The molecule has 8 nitrogen and oxygen atoms in total. The van der Waals surface area contributed by atoms with Crippen LogP contribution in [0.25, 0.3) is 0 Å². The molecule has 28 heavy (non-hydrogen) atoms. The Morgan fingerprint density at radius 3 is 2.57 bits per heavy atom. The minimum atomic E-state index is -3.31. The first-order valence-electron chi connectivity index (χ1n) is 8.57. The van der Waals surface area contributed by atoms with Gasteiger partial charge >= 0.3 is 6.03 Å². The molecule has 1 heterocycles. The molecule has 0 aliphatic rings. The maximum Gasteiger partial charge on any atom is 0.323 e. The lowest BCUT2D eigenvalue weighted by atomic mass is 10.3. The number of likely N-dealkylation sites (N-methyl/N-ethyl adjacent to an activating group) is 1. The molecule has 0 radical (unpaired) electrons. The minimum Gasteiger partial charge on any atom is -0.492 e. The van der Waals surface area contributed by atoms with Crippen LogP contribution in [-0.4, -0.2) is 49.7 Å². The van der Waals surface area contributed by atoms with Crippen LogP contribution in [0.3, 0.4) is 0 Å². The number of hydrogen-bond donors (Lipinski definition) is 2. The number of amides is 2. The van der Waals surface area contributed by atoms with Gasteiger partial charge in [0.2, 0.25) is 10.0 Å². The zero-order valence-corrected chi connectivity index (χ0v) is 16.7. The number of sulfonamides is 1. The summed E-state index contributed by atoms with van der Waals surface area (Å²) in [5.74, 6) is -0.433. The summed E-state index contributed by atoms with van der Waals surface area (Å²) < 4.78 is 43.8. The van der Waals surface area contributed by atoms with Crippen molar-refractivity contribution in [3.05, 3.63) is 48.0 Å². The third-order valence-corrected chi connectivity index (χ3v) is 5.67. The van der Waals surface area contributed by atoms with Crippen LogP contribution in [0, 0.1) is 12.7 Å². The number of benzene rings is 1. The monoisotopic (exact) mass is 410 g/mol. The summed E-state index contributed by atoms with van der Waals surface area (Å²) in [7, 11) is -1.86. The largest absolute Gasteiger partial charge is 0.492 e. The fraction of sp³-hybridized carbons (Fsp3) is 0.333. The highest BCUT2D eigenvalue weighted by Crippen LogP contribution is 2.20. The van der Waals surface area contributed by atoms with E-state index in [0.29, 0.717) is 5.69 Å². The Balaban J connectivity index is 1.94. The smallest absolute Gasteiger partial charge is 0.323 e. The van der Waals surface area contributed by atoms with Crippen molar-refractivity contribution >= 4 is 27.4 Å². The molecule has 2 rings (SSSR count). The highest BCUT2D eigenvalue weighted by atomic mass is 32.2. The fourth-order valence-electron chi connectivity index (χ4n) is 2.20. The van der Waals surface area contributed by atoms with Crippen molar-refractivity contribution in [3.8, 4) is 5.75 Å². The molecule has 2 aromatic rings. The number of hydrogen-bond acceptors (Lipinski definition) is 5. The van der Waals surface area contributed by atoms with E-state index in [0.717, 1.165) is 17.8 Å².